The maximum Gasteiger partial charge on any atom is 0.306 e. The van der Waals surface area contributed by atoms with Crippen LogP contribution in [0.1, 0.15) is 27.2 Å². The Morgan fingerprint density at radius 3 is 2.47 bits per heavy atom. The molecule has 1 aromatic rings. The molecule has 0 saturated carbocycles. The molecule has 0 aliphatic rings. The average Bonchev–Trinajstić information content (AvgIpc) is 2.30. The highest BCUT2D eigenvalue weighted by Gasteiger charge is 2.16. The maximum absolute atomic E-state index is 11.7. The van der Waals surface area contributed by atoms with E-state index in [2.05, 4.69) is 5.32 Å². The molecule has 19 heavy (non-hydrogen) atoms. The van der Waals surface area contributed by atoms with Gasteiger partial charge in [0.05, 0.1) is 17.7 Å². The standard InChI is InChI=1S/C14H19NO4/c1-9(2)19-12-7-5-4-6-11(12)15-13(16)8-10(3)14(17)18/h4-7,9-10H,8H2,1-3H3,(H,15,16)(H,17,18). The van der Waals surface area contributed by atoms with Crippen molar-refractivity contribution in [3.63, 3.8) is 0 Å². The van der Waals surface area contributed by atoms with Crippen LogP contribution in [0.3, 0.4) is 0 Å². The largest absolute Gasteiger partial charge is 0.489 e. The number of hydrogen-bond donors (Lipinski definition) is 2. The molecule has 0 spiro atoms. The summed E-state index contributed by atoms with van der Waals surface area (Å²) in [5.74, 6) is -1.46. The first kappa shape index (κ1) is 15.0. The van der Waals surface area contributed by atoms with E-state index in [-0.39, 0.29) is 18.4 Å². The Morgan fingerprint density at radius 1 is 1.26 bits per heavy atom. The second-order valence-corrected chi connectivity index (χ2v) is 4.65. The minimum atomic E-state index is -0.984. The third-order valence-electron chi connectivity index (χ3n) is 2.44. The van der Waals surface area contributed by atoms with E-state index in [1.54, 1.807) is 18.2 Å². The summed E-state index contributed by atoms with van der Waals surface area (Å²) in [5.41, 5.74) is 0.554. The smallest absolute Gasteiger partial charge is 0.306 e. The number of hydrogen-bond acceptors (Lipinski definition) is 3. The minimum Gasteiger partial charge on any atom is -0.489 e. The highest BCUT2D eigenvalue weighted by atomic mass is 16.5. The van der Waals surface area contributed by atoms with Gasteiger partial charge in [-0.2, -0.15) is 0 Å². The lowest BCUT2D eigenvalue weighted by Crippen LogP contribution is -2.20. The van der Waals surface area contributed by atoms with E-state index in [0.717, 1.165) is 0 Å². The minimum absolute atomic E-state index is 0.00371. The fraction of sp³-hybridized carbons (Fsp3) is 0.429. The van der Waals surface area contributed by atoms with Crippen molar-refractivity contribution in [1.82, 2.24) is 0 Å². The molecule has 2 N–H and O–H groups in total. The average molecular weight is 265 g/mol. The second-order valence-electron chi connectivity index (χ2n) is 4.65. The van der Waals surface area contributed by atoms with Crippen molar-refractivity contribution >= 4 is 17.6 Å². The maximum atomic E-state index is 11.7. The van der Waals surface area contributed by atoms with Gasteiger partial charge in [-0.3, -0.25) is 9.59 Å². The molecule has 1 atom stereocenters. The lowest BCUT2D eigenvalue weighted by molar-refractivity contribution is -0.142. The topological polar surface area (TPSA) is 75.6 Å². The molecule has 0 bridgehead atoms. The van der Waals surface area contributed by atoms with Crippen LogP contribution < -0.4 is 10.1 Å². The van der Waals surface area contributed by atoms with E-state index in [1.807, 2.05) is 19.9 Å². The number of carboxylic acids is 1. The van der Waals surface area contributed by atoms with Gasteiger partial charge in [-0.1, -0.05) is 19.1 Å². The molecule has 1 rings (SSSR count). The number of carbonyl (C=O) groups excluding carboxylic acids is 1. The van der Waals surface area contributed by atoms with Gasteiger partial charge in [-0.05, 0) is 26.0 Å². The van der Waals surface area contributed by atoms with Crippen LogP contribution >= 0.6 is 0 Å². The summed E-state index contributed by atoms with van der Waals surface area (Å²) in [4.78, 5) is 22.4. The van der Waals surface area contributed by atoms with Gasteiger partial charge in [-0.15, -0.1) is 0 Å². The number of aliphatic carboxylic acids is 1. The SMILES string of the molecule is CC(C)Oc1ccccc1NC(=O)CC(C)C(=O)O. The molecular formula is C14H19NO4. The van der Waals surface area contributed by atoms with Crippen molar-refractivity contribution in [3.8, 4) is 5.75 Å². The van der Waals surface area contributed by atoms with Crippen LogP contribution in [0.15, 0.2) is 24.3 Å². The summed E-state index contributed by atoms with van der Waals surface area (Å²) < 4.78 is 5.57. The fourth-order valence-corrected chi connectivity index (χ4v) is 1.49. The van der Waals surface area contributed by atoms with Gasteiger partial charge in [0.2, 0.25) is 5.91 Å². The van der Waals surface area contributed by atoms with Gasteiger partial charge >= 0.3 is 5.97 Å². The van der Waals surface area contributed by atoms with Crippen molar-refractivity contribution in [2.24, 2.45) is 5.92 Å². The fourth-order valence-electron chi connectivity index (χ4n) is 1.49. The van der Waals surface area contributed by atoms with Gasteiger partial charge in [0.15, 0.2) is 0 Å². The molecule has 0 aliphatic heterocycles. The van der Waals surface area contributed by atoms with E-state index in [4.69, 9.17) is 9.84 Å². The first-order valence-electron chi connectivity index (χ1n) is 6.18. The van der Waals surface area contributed by atoms with Gasteiger partial charge in [0.25, 0.3) is 0 Å². The number of carbonyl (C=O) groups is 2. The summed E-state index contributed by atoms with van der Waals surface area (Å²) in [6, 6.07) is 7.08. The summed E-state index contributed by atoms with van der Waals surface area (Å²) in [5, 5.41) is 11.4. The third-order valence-corrected chi connectivity index (χ3v) is 2.44. The first-order chi connectivity index (χ1) is 8.90. The van der Waals surface area contributed by atoms with Crippen molar-refractivity contribution in [2.75, 3.05) is 5.32 Å². The second kappa shape index (κ2) is 6.78. The Balaban J connectivity index is 2.71. The Hall–Kier alpha value is -2.04. The molecule has 0 saturated heterocycles. The molecule has 1 unspecified atom stereocenters. The van der Waals surface area contributed by atoms with Crippen molar-refractivity contribution < 1.29 is 19.4 Å². The van der Waals surface area contributed by atoms with E-state index in [1.165, 1.54) is 6.92 Å². The van der Waals surface area contributed by atoms with E-state index in [0.29, 0.717) is 11.4 Å². The normalized spacial score (nSPS) is 12.0. The van der Waals surface area contributed by atoms with Crippen LogP contribution in [0.4, 0.5) is 5.69 Å². The van der Waals surface area contributed by atoms with Crippen LogP contribution in [-0.2, 0) is 9.59 Å². The lowest BCUT2D eigenvalue weighted by Gasteiger charge is -2.15. The van der Waals surface area contributed by atoms with E-state index < -0.39 is 11.9 Å². The molecule has 1 aromatic carbocycles. The number of benzene rings is 1. The van der Waals surface area contributed by atoms with Crippen LogP contribution in [0.2, 0.25) is 0 Å². The molecule has 5 nitrogen and oxygen atoms in total. The van der Waals surface area contributed by atoms with Crippen LogP contribution in [0.25, 0.3) is 0 Å². The third kappa shape index (κ3) is 4.99. The van der Waals surface area contributed by atoms with Gasteiger partial charge < -0.3 is 15.2 Å². The Labute approximate surface area is 112 Å². The molecule has 0 aromatic heterocycles. The highest BCUT2D eigenvalue weighted by molar-refractivity contribution is 5.94. The monoisotopic (exact) mass is 265 g/mol. The van der Waals surface area contributed by atoms with Gasteiger partial charge in [0.1, 0.15) is 5.75 Å². The Bertz CT molecular complexity index is 457. The highest BCUT2D eigenvalue weighted by Crippen LogP contribution is 2.25. The predicted octanol–water partition coefficient (Wildman–Crippen LogP) is 2.52. The molecule has 1 amide bonds. The van der Waals surface area contributed by atoms with E-state index >= 15 is 0 Å². The summed E-state index contributed by atoms with van der Waals surface area (Å²) in [6.07, 6.45) is -0.0678. The van der Waals surface area contributed by atoms with Crippen molar-refractivity contribution in [3.05, 3.63) is 24.3 Å². The zero-order valence-electron chi connectivity index (χ0n) is 11.3. The summed E-state index contributed by atoms with van der Waals surface area (Å²) >= 11 is 0. The number of amides is 1. The zero-order valence-corrected chi connectivity index (χ0v) is 11.3. The number of nitrogens with one attached hydrogen (secondary N) is 1. The van der Waals surface area contributed by atoms with Crippen molar-refractivity contribution in [1.29, 1.82) is 0 Å². The van der Waals surface area contributed by atoms with Gasteiger partial charge in [0, 0.05) is 6.42 Å². The number of rotatable bonds is 6. The first-order valence-corrected chi connectivity index (χ1v) is 6.18. The number of carboxylic acid groups (broad SMARTS) is 1. The van der Waals surface area contributed by atoms with E-state index in [9.17, 15) is 9.59 Å². The number of para-hydroxylation sites is 2. The zero-order chi connectivity index (χ0) is 14.4. The Morgan fingerprint density at radius 2 is 1.89 bits per heavy atom. The number of ether oxygens (including phenoxy) is 1. The van der Waals surface area contributed by atoms with Crippen LogP contribution in [-0.4, -0.2) is 23.1 Å². The predicted molar refractivity (Wildman–Crippen MR) is 72.3 cm³/mol. The number of anilines is 1. The molecular weight excluding hydrogens is 246 g/mol. The quantitative estimate of drug-likeness (QED) is 0.828. The summed E-state index contributed by atoms with van der Waals surface area (Å²) in [7, 11) is 0. The molecule has 0 fully saturated rings. The van der Waals surface area contributed by atoms with Gasteiger partial charge in [-0.25, -0.2) is 0 Å². The molecule has 0 heterocycles. The lowest BCUT2D eigenvalue weighted by atomic mass is 10.1. The Kier molecular flexibility index (Phi) is 5.36. The molecule has 5 heteroatoms. The van der Waals surface area contributed by atoms with Crippen molar-refractivity contribution in [2.45, 2.75) is 33.3 Å². The molecule has 104 valence electrons. The summed E-state index contributed by atoms with van der Waals surface area (Å²) in [6.45, 7) is 5.29. The van der Waals surface area contributed by atoms with Crippen LogP contribution in [0, 0.1) is 5.92 Å². The van der Waals surface area contributed by atoms with Crippen LogP contribution in [0.5, 0.6) is 5.75 Å². The molecule has 0 radical (unpaired) electrons. The molecule has 0 aliphatic carbocycles.